The minimum Gasteiger partial charge on any atom is -0.496 e. The quantitative estimate of drug-likeness (QED) is 0.737. The largest absolute Gasteiger partial charge is 0.496 e. The molecular weight excluding hydrogens is 262 g/mol. The molecule has 104 valence electrons. The van der Waals surface area contributed by atoms with Crippen LogP contribution in [0.1, 0.15) is 11.3 Å². The fraction of sp³-hybridized carbons (Fsp3) is 0.176. The van der Waals surface area contributed by atoms with Crippen molar-refractivity contribution in [2.24, 2.45) is 0 Å². The highest BCUT2D eigenvalue weighted by Crippen LogP contribution is 2.32. The van der Waals surface area contributed by atoms with Crippen LogP contribution in [0.5, 0.6) is 5.75 Å². The number of nitriles is 1. The van der Waals surface area contributed by atoms with Gasteiger partial charge >= 0.3 is 0 Å². The summed E-state index contributed by atoms with van der Waals surface area (Å²) in [7, 11) is 1.64. The molecule has 4 nitrogen and oxygen atoms in total. The van der Waals surface area contributed by atoms with E-state index in [2.05, 4.69) is 6.07 Å². The summed E-state index contributed by atoms with van der Waals surface area (Å²) in [5.41, 5.74) is 4.57. The third kappa shape index (κ3) is 2.13. The van der Waals surface area contributed by atoms with E-state index in [-0.39, 0.29) is 0 Å². The molecule has 0 atom stereocenters. The summed E-state index contributed by atoms with van der Waals surface area (Å²) < 4.78 is 7.41. The van der Waals surface area contributed by atoms with Gasteiger partial charge < -0.3 is 9.14 Å². The molecule has 0 radical (unpaired) electrons. The van der Waals surface area contributed by atoms with Crippen LogP contribution in [0.4, 0.5) is 0 Å². The van der Waals surface area contributed by atoms with Gasteiger partial charge in [0, 0.05) is 11.8 Å². The zero-order valence-electron chi connectivity index (χ0n) is 12.0. The van der Waals surface area contributed by atoms with Gasteiger partial charge in [-0.1, -0.05) is 18.2 Å². The SMILES string of the molecule is COc1ccccc1-c1nc2c(C)cccn2c1CC#N. The summed E-state index contributed by atoms with van der Waals surface area (Å²) in [6.45, 7) is 2.02. The molecule has 0 amide bonds. The predicted octanol–water partition coefficient (Wildman–Crippen LogP) is 3.38. The zero-order valence-corrected chi connectivity index (χ0v) is 12.0. The van der Waals surface area contributed by atoms with Crippen LogP contribution < -0.4 is 4.74 Å². The predicted molar refractivity (Wildman–Crippen MR) is 81.2 cm³/mol. The zero-order chi connectivity index (χ0) is 14.8. The molecule has 0 unspecified atom stereocenters. The standard InChI is InChI=1S/C17H15N3O/c1-12-6-5-11-20-14(9-10-18)16(19-17(12)20)13-7-3-4-8-15(13)21-2/h3-8,11H,9H2,1-2H3. The van der Waals surface area contributed by atoms with Crippen LogP contribution in [0.15, 0.2) is 42.6 Å². The lowest BCUT2D eigenvalue weighted by molar-refractivity contribution is 0.416. The minimum atomic E-state index is 0.304. The minimum absolute atomic E-state index is 0.304. The molecule has 0 saturated heterocycles. The Balaban J connectivity index is 2.34. The van der Waals surface area contributed by atoms with Gasteiger partial charge in [0.05, 0.1) is 31.0 Å². The van der Waals surface area contributed by atoms with Crippen LogP contribution in [-0.4, -0.2) is 16.5 Å². The van der Waals surface area contributed by atoms with Crippen molar-refractivity contribution in [1.82, 2.24) is 9.38 Å². The Morgan fingerprint density at radius 1 is 1.24 bits per heavy atom. The van der Waals surface area contributed by atoms with Gasteiger partial charge in [-0.15, -0.1) is 0 Å². The fourth-order valence-electron chi connectivity index (χ4n) is 2.55. The van der Waals surface area contributed by atoms with Crippen LogP contribution in [0.25, 0.3) is 16.9 Å². The Morgan fingerprint density at radius 3 is 2.81 bits per heavy atom. The van der Waals surface area contributed by atoms with Crippen molar-refractivity contribution in [2.45, 2.75) is 13.3 Å². The number of pyridine rings is 1. The molecule has 1 aromatic carbocycles. The number of benzene rings is 1. The van der Waals surface area contributed by atoms with Gasteiger partial charge in [0.2, 0.25) is 0 Å². The number of aromatic nitrogens is 2. The second-order valence-electron chi connectivity index (χ2n) is 4.83. The number of hydrogen-bond acceptors (Lipinski definition) is 3. The first-order chi connectivity index (χ1) is 10.3. The summed E-state index contributed by atoms with van der Waals surface area (Å²) in [5.74, 6) is 0.762. The maximum Gasteiger partial charge on any atom is 0.140 e. The van der Waals surface area contributed by atoms with Crippen molar-refractivity contribution >= 4 is 5.65 Å². The Bertz CT molecular complexity index is 843. The van der Waals surface area contributed by atoms with Gasteiger partial charge in [0.1, 0.15) is 11.4 Å². The first kappa shape index (κ1) is 13.2. The van der Waals surface area contributed by atoms with E-state index in [1.807, 2.05) is 53.9 Å². The smallest absolute Gasteiger partial charge is 0.140 e. The molecule has 21 heavy (non-hydrogen) atoms. The van der Waals surface area contributed by atoms with Gasteiger partial charge in [-0.05, 0) is 30.7 Å². The van der Waals surface area contributed by atoms with Crippen LogP contribution >= 0.6 is 0 Å². The van der Waals surface area contributed by atoms with Crippen LogP contribution in [0.2, 0.25) is 0 Å². The Labute approximate surface area is 123 Å². The monoisotopic (exact) mass is 277 g/mol. The van der Waals surface area contributed by atoms with E-state index in [1.54, 1.807) is 7.11 Å². The van der Waals surface area contributed by atoms with E-state index in [4.69, 9.17) is 15.0 Å². The summed E-state index contributed by atoms with van der Waals surface area (Å²) in [6.07, 6.45) is 2.25. The molecule has 3 aromatic rings. The second-order valence-corrected chi connectivity index (χ2v) is 4.83. The normalized spacial score (nSPS) is 10.5. The maximum absolute atomic E-state index is 9.14. The van der Waals surface area contributed by atoms with E-state index < -0.39 is 0 Å². The summed E-state index contributed by atoms with van der Waals surface area (Å²) in [6, 6.07) is 14.0. The molecule has 0 N–H and O–H groups in total. The topological polar surface area (TPSA) is 50.3 Å². The third-order valence-corrected chi connectivity index (χ3v) is 3.55. The molecule has 0 aliphatic carbocycles. The molecule has 4 heteroatoms. The number of rotatable bonds is 3. The number of methoxy groups -OCH3 is 1. The Kier molecular flexibility index (Phi) is 3.33. The Hall–Kier alpha value is -2.80. The highest BCUT2D eigenvalue weighted by Gasteiger charge is 2.17. The number of hydrogen-bond donors (Lipinski definition) is 0. The Morgan fingerprint density at radius 2 is 2.05 bits per heavy atom. The molecule has 0 spiro atoms. The highest BCUT2D eigenvalue weighted by molar-refractivity contribution is 5.73. The van der Waals surface area contributed by atoms with Gasteiger partial charge in [-0.2, -0.15) is 5.26 Å². The second kappa shape index (κ2) is 5.29. The van der Waals surface area contributed by atoms with Crippen LogP contribution in [-0.2, 0) is 6.42 Å². The van der Waals surface area contributed by atoms with E-state index in [1.165, 1.54) is 0 Å². The molecule has 0 bridgehead atoms. The van der Waals surface area contributed by atoms with Gasteiger partial charge in [0.25, 0.3) is 0 Å². The number of imidazole rings is 1. The average Bonchev–Trinajstić information content (AvgIpc) is 2.88. The molecular formula is C17H15N3O. The van der Waals surface area contributed by atoms with Crippen molar-refractivity contribution < 1.29 is 4.74 Å². The number of para-hydroxylation sites is 1. The van der Waals surface area contributed by atoms with Gasteiger partial charge in [-0.3, -0.25) is 0 Å². The number of aryl methyl sites for hydroxylation is 1. The van der Waals surface area contributed by atoms with Crippen LogP contribution in [0, 0.1) is 18.3 Å². The van der Waals surface area contributed by atoms with Crippen LogP contribution in [0.3, 0.4) is 0 Å². The van der Waals surface area contributed by atoms with Crippen molar-refractivity contribution in [2.75, 3.05) is 7.11 Å². The molecule has 2 aromatic heterocycles. The number of ether oxygens (including phenoxy) is 1. The first-order valence-electron chi connectivity index (χ1n) is 6.73. The fourth-order valence-corrected chi connectivity index (χ4v) is 2.55. The van der Waals surface area contributed by atoms with E-state index in [0.29, 0.717) is 6.42 Å². The van der Waals surface area contributed by atoms with E-state index >= 15 is 0 Å². The summed E-state index contributed by atoms with van der Waals surface area (Å²) >= 11 is 0. The summed E-state index contributed by atoms with van der Waals surface area (Å²) in [5, 5.41) is 9.14. The molecule has 0 fully saturated rings. The van der Waals surface area contributed by atoms with Crippen molar-refractivity contribution in [3.8, 4) is 23.1 Å². The average molecular weight is 277 g/mol. The lowest BCUT2D eigenvalue weighted by atomic mass is 10.1. The lowest BCUT2D eigenvalue weighted by Gasteiger charge is -2.07. The van der Waals surface area contributed by atoms with E-state index in [0.717, 1.165) is 33.9 Å². The highest BCUT2D eigenvalue weighted by atomic mass is 16.5. The molecule has 0 aliphatic heterocycles. The molecule has 3 rings (SSSR count). The maximum atomic E-state index is 9.14. The summed E-state index contributed by atoms with van der Waals surface area (Å²) in [4.78, 5) is 4.74. The lowest BCUT2D eigenvalue weighted by Crippen LogP contribution is -1.95. The van der Waals surface area contributed by atoms with Crippen molar-refractivity contribution in [3.05, 3.63) is 53.9 Å². The van der Waals surface area contributed by atoms with E-state index in [9.17, 15) is 0 Å². The molecule has 0 aliphatic rings. The number of nitrogens with zero attached hydrogens (tertiary/aromatic N) is 3. The molecule has 2 heterocycles. The van der Waals surface area contributed by atoms with Crippen molar-refractivity contribution in [1.29, 1.82) is 5.26 Å². The number of fused-ring (bicyclic) bond motifs is 1. The van der Waals surface area contributed by atoms with Gasteiger partial charge in [0.15, 0.2) is 0 Å². The van der Waals surface area contributed by atoms with Gasteiger partial charge in [-0.25, -0.2) is 4.98 Å². The molecule has 0 saturated carbocycles. The van der Waals surface area contributed by atoms with Crippen molar-refractivity contribution in [3.63, 3.8) is 0 Å². The third-order valence-electron chi connectivity index (χ3n) is 3.55. The first-order valence-corrected chi connectivity index (χ1v) is 6.73.